The molecular weight excluding hydrogens is 190 g/mol. The first-order chi connectivity index (χ1) is 6.70. The van der Waals surface area contributed by atoms with E-state index in [1.54, 1.807) is 0 Å². The highest BCUT2D eigenvalue weighted by atomic mass is 32.2. The Morgan fingerprint density at radius 1 is 1.29 bits per heavy atom. The van der Waals surface area contributed by atoms with Crippen molar-refractivity contribution >= 4 is 11.8 Å². The van der Waals surface area contributed by atoms with Gasteiger partial charge in [-0.15, -0.1) is 0 Å². The van der Waals surface area contributed by atoms with Crippen molar-refractivity contribution in [2.24, 2.45) is 0 Å². The zero-order chi connectivity index (χ0) is 10.0. The minimum absolute atomic E-state index is 0.305. The van der Waals surface area contributed by atoms with Crippen LogP contribution >= 0.6 is 11.8 Å². The van der Waals surface area contributed by atoms with E-state index in [1.165, 1.54) is 11.3 Å². The largest absolute Gasteiger partial charge is 0.308 e. The number of rotatable bonds is 1. The Hall–Kier alpha value is -0.470. The molecule has 0 aromatic heterocycles. The van der Waals surface area contributed by atoms with Crippen LogP contribution in [0.2, 0.25) is 0 Å². The quantitative estimate of drug-likeness (QED) is 0.760. The normalized spacial score (nSPS) is 26.0. The smallest absolute Gasteiger partial charge is 0.0464 e. The molecule has 1 heterocycles. The summed E-state index contributed by atoms with van der Waals surface area (Å²) in [6.07, 6.45) is 0. The fourth-order valence-corrected chi connectivity index (χ4v) is 3.14. The maximum absolute atomic E-state index is 3.60. The van der Waals surface area contributed by atoms with Crippen molar-refractivity contribution in [1.29, 1.82) is 0 Å². The summed E-state index contributed by atoms with van der Waals surface area (Å²) < 4.78 is 0.305. The minimum Gasteiger partial charge on any atom is -0.308 e. The molecule has 0 amide bonds. The van der Waals surface area contributed by atoms with Gasteiger partial charge in [-0.1, -0.05) is 30.3 Å². The Labute approximate surface area is 90.3 Å². The van der Waals surface area contributed by atoms with Crippen LogP contribution in [0.3, 0.4) is 0 Å². The zero-order valence-corrected chi connectivity index (χ0v) is 9.60. The van der Waals surface area contributed by atoms with Crippen LogP contribution in [-0.2, 0) is 0 Å². The van der Waals surface area contributed by atoms with E-state index >= 15 is 0 Å². The third-order valence-electron chi connectivity index (χ3n) is 2.75. The molecule has 2 rings (SSSR count). The van der Waals surface area contributed by atoms with Crippen LogP contribution in [0.5, 0.6) is 0 Å². The van der Waals surface area contributed by atoms with Crippen molar-refractivity contribution in [2.75, 3.05) is 12.3 Å². The lowest BCUT2D eigenvalue weighted by Crippen LogP contribution is -2.42. The van der Waals surface area contributed by atoms with Gasteiger partial charge in [-0.2, -0.15) is 11.8 Å². The van der Waals surface area contributed by atoms with E-state index in [1.807, 2.05) is 0 Å². The second-order valence-corrected chi connectivity index (χ2v) is 6.00. The summed E-state index contributed by atoms with van der Waals surface area (Å²) in [6.45, 7) is 5.76. The molecule has 1 aromatic rings. The predicted octanol–water partition coefficient (Wildman–Crippen LogP) is 2.84. The molecular formula is C12H17NS. The summed E-state index contributed by atoms with van der Waals surface area (Å²) in [4.78, 5) is 0. The van der Waals surface area contributed by atoms with Gasteiger partial charge in [-0.25, -0.2) is 0 Å². The van der Waals surface area contributed by atoms with Gasteiger partial charge in [0.05, 0.1) is 0 Å². The second kappa shape index (κ2) is 3.95. The van der Waals surface area contributed by atoms with Crippen LogP contribution in [0.15, 0.2) is 30.3 Å². The zero-order valence-electron chi connectivity index (χ0n) is 8.79. The van der Waals surface area contributed by atoms with Crippen molar-refractivity contribution in [1.82, 2.24) is 5.32 Å². The number of benzene rings is 1. The van der Waals surface area contributed by atoms with Crippen LogP contribution in [0.4, 0.5) is 0 Å². The topological polar surface area (TPSA) is 12.0 Å². The van der Waals surface area contributed by atoms with E-state index in [4.69, 9.17) is 0 Å². The number of hydrogen-bond acceptors (Lipinski definition) is 2. The van der Waals surface area contributed by atoms with Gasteiger partial charge in [-0.3, -0.25) is 0 Å². The Balaban J connectivity index is 2.24. The SMILES string of the molecule is CC1(C)SCCNC1c1ccccc1. The fourth-order valence-electron chi connectivity index (χ4n) is 2.01. The molecule has 1 nitrogen and oxygen atoms in total. The third-order valence-corrected chi connectivity index (χ3v) is 4.14. The Bertz CT molecular complexity index is 294. The molecule has 0 spiro atoms. The summed E-state index contributed by atoms with van der Waals surface area (Å²) in [5.74, 6) is 1.22. The van der Waals surface area contributed by atoms with Crippen molar-refractivity contribution < 1.29 is 0 Å². The molecule has 14 heavy (non-hydrogen) atoms. The molecule has 1 saturated heterocycles. The first-order valence-electron chi connectivity index (χ1n) is 5.12. The lowest BCUT2D eigenvalue weighted by Gasteiger charge is -2.39. The molecule has 1 atom stereocenters. The van der Waals surface area contributed by atoms with Gasteiger partial charge in [0, 0.05) is 23.1 Å². The van der Waals surface area contributed by atoms with Gasteiger partial charge in [0.2, 0.25) is 0 Å². The lowest BCUT2D eigenvalue weighted by atomic mass is 9.95. The van der Waals surface area contributed by atoms with E-state index in [2.05, 4.69) is 61.3 Å². The summed E-state index contributed by atoms with van der Waals surface area (Å²) >= 11 is 2.06. The summed E-state index contributed by atoms with van der Waals surface area (Å²) in [5, 5.41) is 3.60. The molecule has 76 valence electrons. The van der Waals surface area contributed by atoms with Crippen molar-refractivity contribution in [3.8, 4) is 0 Å². The average molecular weight is 207 g/mol. The summed E-state index contributed by atoms with van der Waals surface area (Å²) in [6, 6.07) is 11.2. The number of thioether (sulfide) groups is 1. The van der Waals surface area contributed by atoms with E-state index in [0.29, 0.717) is 10.8 Å². The molecule has 0 aliphatic carbocycles. The average Bonchev–Trinajstić information content (AvgIpc) is 2.18. The van der Waals surface area contributed by atoms with E-state index < -0.39 is 0 Å². The Kier molecular flexibility index (Phi) is 2.84. The monoisotopic (exact) mass is 207 g/mol. The highest BCUT2D eigenvalue weighted by molar-refractivity contribution is 8.00. The van der Waals surface area contributed by atoms with Crippen LogP contribution in [0, 0.1) is 0 Å². The van der Waals surface area contributed by atoms with Crippen molar-refractivity contribution in [3.63, 3.8) is 0 Å². The summed E-state index contributed by atoms with van der Waals surface area (Å²) in [7, 11) is 0. The molecule has 0 saturated carbocycles. The van der Waals surface area contributed by atoms with Crippen molar-refractivity contribution in [2.45, 2.75) is 24.6 Å². The molecule has 1 fully saturated rings. The van der Waals surface area contributed by atoms with E-state index in [9.17, 15) is 0 Å². The molecule has 0 radical (unpaired) electrons. The third kappa shape index (κ3) is 1.96. The predicted molar refractivity (Wildman–Crippen MR) is 63.7 cm³/mol. The van der Waals surface area contributed by atoms with Gasteiger partial charge in [0.25, 0.3) is 0 Å². The van der Waals surface area contributed by atoms with Gasteiger partial charge in [0.1, 0.15) is 0 Å². The van der Waals surface area contributed by atoms with Gasteiger partial charge >= 0.3 is 0 Å². The first kappa shape index (κ1) is 10.1. The second-order valence-electron chi connectivity index (χ2n) is 4.25. The van der Waals surface area contributed by atoms with E-state index in [0.717, 1.165) is 6.54 Å². The standard InChI is InChI=1S/C12H17NS/c1-12(2)11(13-8-9-14-12)10-6-4-3-5-7-10/h3-7,11,13H,8-9H2,1-2H3. The van der Waals surface area contributed by atoms with E-state index in [-0.39, 0.29) is 0 Å². The molecule has 1 aliphatic rings. The van der Waals surface area contributed by atoms with Gasteiger partial charge < -0.3 is 5.32 Å². The number of hydrogen-bond donors (Lipinski definition) is 1. The fraction of sp³-hybridized carbons (Fsp3) is 0.500. The van der Waals surface area contributed by atoms with Gasteiger partial charge in [0.15, 0.2) is 0 Å². The molecule has 1 aromatic carbocycles. The minimum atomic E-state index is 0.305. The Morgan fingerprint density at radius 3 is 2.64 bits per heavy atom. The molecule has 1 unspecified atom stereocenters. The van der Waals surface area contributed by atoms with Crippen molar-refractivity contribution in [3.05, 3.63) is 35.9 Å². The Morgan fingerprint density at radius 2 is 2.00 bits per heavy atom. The van der Waals surface area contributed by atoms with Gasteiger partial charge in [-0.05, 0) is 19.4 Å². The highest BCUT2D eigenvalue weighted by Crippen LogP contribution is 2.39. The van der Waals surface area contributed by atoms with Crippen LogP contribution in [-0.4, -0.2) is 17.0 Å². The molecule has 2 heteroatoms. The maximum Gasteiger partial charge on any atom is 0.0464 e. The van der Waals surface area contributed by atoms with Crippen LogP contribution < -0.4 is 5.32 Å². The molecule has 1 aliphatic heterocycles. The van der Waals surface area contributed by atoms with Crippen LogP contribution in [0.1, 0.15) is 25.5 Å². The lowest BCUT2D eigenvalue weighted by molar-refractivity contribution is 0.444. The van der Waals surface area contributed by atoms with Crippen LogP contribution in [0.25, 0.3) is 0 Å². The number of nitrogens with one attached hydrogen (secondary N) is 1. The summed E-state index contributed by atoms with van der Waals surface area (Å²) in [5.41, 5.74) is 1.41. The molecule has 1 N–H and O–H groups in total. The highest BCUT2D eigenvalue weighted by Gasteiger charge is 2.33. The maximum atomic E-state index is 3.60. The first-order valence-corrected chi connectivity index (χ1v) is 6.11. The molecule has 0 bridgehead atoms.